The van der Waals surface area contributed by atoms with Gasteiger partial charge in [-0.05, 0) is 73.5 Å². The summed E-state index contributed by atoms with van der Waals surface area (Å²) in [5, 5.41) is 7.76. The fourth-order valence-electron chi connectivity index (χ4n) is 5.20. The first-order valence-electron chi connectivity index (χ1n) is 12.7. The third-order valence-corrected chi connectivity index (χ3v) is 7.97. The standard InChI is InChI=1S/C26H52N2S/c1-8-19(4)13-14-20(5)18-23(10-3)25(21(6)9-2)26-27-16-11-12-24(15-17-29)22(7)28-26/h19-21,23-29H,7-18H2,1-6H3. The van der Waals surface area contributed by atoms with E-state index in [1.165, 1.54) is 57.1 Å². The van der Waals surface area contributed by atoms with Gasteiger partial charge >= 0.3 is 0 Å². The second kappa shape index (κ2) is 14.8. The number of allylic oxidation sites excluding steroid dienone is 1. The van der Waals surface area contributed by atoms with Crippen molar-refractivity contribution >= 4 is 12.6 Å². The lowest BCUT2D eigenvalue weighted by Gasteiger charge is -2.42. The molecule has 0 amide bonds. The van der Waals surface area contributed by atoms with Crippen LogP contribution in [0.2, 0.25) is 0 Å². The SMILES string of the molecule is C=C1NC(C(C(C)CC)C(CC)CC(C)CCC(C)CC)NCCCC1CCS. The lowest BCUT2D eigenvalue weighted by atomic mass is 9.73. The maximum absolute atomic E-state index is 4.49. The second-order valence-corrected chi connectivity index (χ2v) is 10.5. The minimum atomic E-state index is 0.354. The molecule has 7 atom stereocenters. The highest BCUT2D eigenvalue weighted by atomic mass is 32.1. The van der Waals surface area contributed by atoms with Crippen LogP contribution in [-0.4, -0.2) is 18.5 Å². The fraction of sp³-hybridized carbons (Fsp3) is 0.923. The van der Waals surface area contributed by atoms with E-state index in [2.05, 4.69) is 71.4 Å². The van der Waals surface area contributed by atoms with Crippen molar-refractivity contribution in [2.45, 2.75) is 105 Å². The number of thiol groups is 1. The predicted molar refractivity (Wildman–Crippen MR) is 134 cm³/mol. The highest BCUT2D eigenvalue weighted by Gasteiger charge is 2.34. The molecule has 1 rings (SSSR count). The summed E-state index contributed by atoms with van der Waals surface area (Å²) in [5.74, 6) is 5.33. The van der Waals surface area contributed by atoms with Crippen LogP contribution >= 0.6 is 12.6 Å². The summed E-state index contributed by atoms with van der Waals surface area (Å²) >= 11 is 4.49. The summed E-state index contributed by atoms with van der Waals surface area (Å²) in [7, 11) is 0. The van der Waals surface area contributed by atoms with E-state index in [1.807, 2.05) is 0 Å². The highest BCUT2D eigenvalue weighted by molar-refractivity contribution is 7.80. The number of rotatable bonds is 13. The van der Waals surface area contributed by atoms with E-state index in [0.29, 0.717) is 23.9 Å². The van der Waals surface area contributed by atoms with Gasteiger partial charge in [0.05, 0.1) is 6.17 Å². The zero-order chi connectivity index (χ0) is 21.8. The normalized spacial score (nSPS) is 26.0. The number of hydrogen-bond acceptors (Lipinski definition) is 3. The van der Waals surface area contributed by atoms with Crippen LogP contribution in [0.5, 0.6) is 0 Å². The molecule has 1 saturated heterocycles. The first-order chi connectivity index (χ1) is 13.9. The summed E-state index contributed by atoms with van der Waals surface area (Å²) in [6.07, 6.45) is 11.9. The molecule has 1 heterocycles. The van der Waals surface area contributed by atoms with E-state index in [-0.39, 0.29) is 0 Å². The molecule has 7 unspecified atom stereocenters. The molecule has 172 valence electrons. The molecule has 0 radical (unpaired) electrons. The third-order valence-electron chi connectivity index (χ3n) is 7.71. The number of hydrogen-bond donors (Lipinski definition) is 3. The van der Waals surface area contributed by atoms with E-state index in [1.54, 1.807) is 0 Å². The van der Waals surface area contributed by atoms with E-state index < -0.39 is 0 Å². The highest BCUT2D eigenvalue weighted by Crippen LogP contribution is 2.36. The molecular weight excluding hydrogens is 372 g/mol. The third kappa shape index (κ3) is 9.25. The van der Waals surface area contributed by atoms with Gasteiger partial charge in [0.25, 0.3) is 0 Å². The van der Waals surface area contributed by atoms with Gasteiger partial charge in [-0.2, -0.15) is 12.6 Å². The lowest BCUT2D eigenvalue weighted by molar-refractivity contribution is 0.123. The molecule has 2 nitrogen and oxygen atoms in total. The smallest absolute Gasteiger partial charge is 0.0799 e. The van der Waals surface area contributed by atoms with Crippen molar-refractivity contribution in [1.29, 1.82) is 0 Å². The van der Waals surface area contributed by atoms with Gasteiger partial charge in [-0.15, -0.1) is 0 Å². The van der Waals surface area contributed by atoms with Crippen molar-refractivity contribution in [3.05, 3.63) is 12.3 Å². The van der Waals surface area contributed by atoms with Crippen LogP contribution in [-0.2, 0) is 0 Å². The van der Waals surface area contributed by atoms with E-state index in [4.69, 9.17) is 0 Å². The van der Waals surface area contributed by atoms with Gasteiger partial charge < -0.3 is 5.32 Å². The summed E-state index contributed by atoms with van der Waals surface area (Å²) in [6, 6.07) is 0. The van der Waals surface area contributed by atoms with Crippen LogP contribution in [0, 0.1) is 35.5 Å². The molecule has 0 bridgehead atoms. The van der Waals surface area contributed by atoms with Crippen molar-refractivity contribution in [3.63, 3.8) is 0 Å². The second-order valence-electron chi connectivity index (χ2n) is 10.0. The van der Waals surface area contributed by atoms with Gasteiger partial charge in [-0.1, -0.05) is 80.2 Å². The van der Waals surface area contributed by atoms with Crippen LogP contribution in [0.15, 0.2) is 12.3 Å². The van der Waals surface area contributed by atoms with Crippen LogP contribution in [0.3, 0.4) is 0 Å². The topological polar surface area (TPSA) is 24.1 Å². The Bertz CT molecular complexity index is 438. The molecular formula is C26H52N2S. The molecule has 1 aliphatic rings. The van der Waals surface area contributed by atoms with Crippen LogP contribution in [0.1, 0.15) is 99.3 Å². The molecule has 0 aromatic carbocycles. The van der Waals surface area contributed by atoms with Gasteiger partial charge in [0, 0.05) is 5.70 Å². The molecule has 1 aliphatic heterocycles. The summed E-state index contributed by atoms with van der Waals surface area (Å²) in [4.78, 5) is 0. The average molecular weight is 425 g/mol. The quantitative estimate of drug-likeness (QED) is 0.271. The Morgan fingerprint density at radius 1 is 1.03 bits per heavy atom. The van der Waals surface area contributed by atoms with Crippen molar-refractivity contribution in [1.82, 2.24) is 10.6 Å². The fourth-order valence-corrected chi connectivity index (χ4v) is 5.51. The Morgan fingerprint density at radius 3 is 2.31 bits per heavy atom. The maximum Gasteiger partial charge on any atom is 0.0799 e. The van der Waals surface area contributed by atoms with Crippen molar-refractivity contribution in [2.75, 3.05) is 12.3 Å². The Labute approximate surface area is 188 Å². The van der Waals surface area contributed by atoms with Gasteiger partial charge in [-0.3, -0.25) is 5.32 Å². The molecule has 0 spiro atoms. The van der Waals surface area contributed by atoms with Gasteiger partial charge in [-0.25, -0.2) is 0 Å². The Kier molecular flexibility index (Phi) is 13.7. The van der Waals surface area contributed by atoms with Crippen LogP contribution in [0.4, 0.5) is 0 Å². The van der Waals surface area contributed by atoms with Gasteiger partial charge in [0.15, 0.2) is 0 Å². The molecule has 0 aliphatic carbocycles. The molecule has 1 fully saturated rings. The van der Waals surface area contributed by atoms with Crippen LogP contribution < -0.4 is 10.6 Å². The van der Waals surface area contributed by atoms with Gasteiger partial charge in [0.1, 0.15) is 0 Å². The molecule has 0 aromatic heterocycles. The molecule has 0 aromatic rings. The minimum absolute atomic E-state index is 0.354. The van der Waals surface area contributed by atoms with Crippen molar-refractivity contribution in [3.8, 4) is 0 Å². The van der Waals surface area contributed by atoms with Gasteiger partial charge in [0.2, 0.25) is 0 Å². The van der Waals surface area contributed by atoms with Crippen molar-refractivity contribution < 1.29 is 0 Å². The number of nitrogens with one attached hydrogen (secondary N) is 2. The zero-order valence-electron chi connectivity index (χ0n) is 20.5. The average Bonchev–Trinajstić information content (AvgIpc) is 2.71. The summed E-state index contributed by atoms with van der Waals surface area (Å²) in [6.45, 7) is 20.0. The molecule has 29 heavy (non-hydrogen) atoms. The monoisotopic (exact) mass is 424 g/mol. The Balaban J connectivity index is 2.89. The Morgan fingerprint density at radius 2 is 1.72 bits per heavy atom. The largest absolute Gasteiger partial charge is 0.373 e. The first kappa shape index (κ1) is 26.9. The van der Waals surface area contributed by atoms with E-state index in [9.17, 15) is 0 Å². The van der Waals surface area contributed by atoms with E-state index >= 15 is 0 Å². The molecule has 0 saturated carbocycles. The van der Waals surface area contributed by atoms with Crippen LogP contribution in [0.25, 0.3) is 0 Å². The van der Waals surface area contributed by atoms with Crippen molar-refractivity contribution in [2.24, 2.45) is 35.5 Å². The molecule has 2 N–H and O–H groups in total. The summed E-state index contributed by atoms with van der Waals surface area (Å²) in [5.41, 5.74) is 1.24. The Hall–Kier alpha value is -0.150. The predicted octanol–water partition coefficient (Wildman–Crippen LogP) is 7.28. The van der Waals surface area contributed by atoms with E-state index in [0.717, 1.165) is 36.5 Å². The lowest BCUT2D eigenvalue weighted by Crippen LogP contribution is -2.53. The zero-order valence-corrected chi connectivity index (χ0v) is 21.4. The first-order valence-corrected chi connectivity index (χ1v) is 13.3. The molecule has 3 heteroatoms. The minimum Gasteiger partial charge on any atom is -0.373 e. The maximum atomic E-state index is 4.49. The summed E-state index contributed by atoms with van der Waals surface area (Å²) < 4.78 is 0.